The Morgan fingerprint density at radius 3 is 2.53 bits per heavy atom. The van der Waals surface area contributed by atoms with E-state index in [1.807, 2.05) is 39.5 Å². The maximum atomic E-state index is 12.4. The first kappa shape index (κ1) is 12.0. The molecule has 17 heavy (non-hydrogen) atoms. The number of nitrogen functional groups attached to an aromatic ring is 1. The van der Waals surface area contributed by atoms with Gasteiger partial charge >= 0.3 is 0 Å². The van der Waals surface area contributed by atoms with Crippen molar-refractivity contribution in [3.05, 3.63) is 11.3 Å². The summed E-state index contributed by atoms with van der Waals surface area (Å²) in [5.41, 5.74) is 6.95. The Morgan fingerprint density at radius 2 is 2.06 bits per heavy atom. The maximum Gasteiger partial charge on any atom is 0.229 e. The predicted octanol–water partition coefficient (Wildman–Crippen LogP) is 1.62. The van der Waals surface area contributed by atoms with Crippen LogP contribution in [0.5, 0.6) is 0 Å². The van der Waals surface area contributed by atoms with Gasteiger partial charge in [0, 0.05) is 11.0 Å². The molecule has 0 atom stereocenters. The van der Waals surface area contributed by atoms with Crippen molar-refractivity contribution in [1.29, 1.82) is 0 Å². The van der Waals surface area contributed by atoms with Gasteiger partial charge in [-0.25, -0.2) is 0 Å². The van der Waals surface area contributed by atoms with Crippen LogP contribution in [0.25, 0.3) is 0 Å². The molecule has 0 saturated carbocycles. The molecule has 0 aliphatic carbocycles. The molecule has 2 heterocycles. The van der Waals surface area contributed by atoms with Crippen molar-refractivity contribution >= 4 is 11.7 Å². The van der Waals surface area contributed by atoms with Crippen molar-refractivity contribution < 1.29 is 4.79 Å². The van der Waals surface area contributed by atoms with Crippen LogP contribution in [0.3, 0.4) is 0 Å². The van der Waals surface area contributed by atoms with Gasteiger partial charge in [-0.05, 0) is 13.8 Å². The lowest BCUT2D eigenvalue weighted by Crippen LogP contribution is -2.46. The zero-order valence-corrected chi connectivity index (χ0v) is 11.1. The Hall–Kier alpha value is -1.52. The zero-order valence-electron chi connectivity index (χ0n) is 11.1. The number of aromatic amines is 1. The molecular weight excluding hydrogens is 216 g/mol. The first-order chi connectivity index (χ1) is 7.65. The third kappa shape index (κ3) is 1.61. The van der Waals surface area contributed by atoms with Crippen molar-refractivity contribution in [2.45, 2.75) is 46.7 Å². The SMILES string of the molecule is CC(C)(C)C(=O)N1Cc2c(N)n[nH]c2C1(C)C. The fourth-order valence-corrected chi connectivity index (χ4v) is 2.27. The minimum Gasteiger partial charge on any atom is -0.382 e. The Labute approximate surface area is 101 Å². The van der Waals surface area contributed by atoms with Gasteiger partial charge in [0.15, 0.2) is 5.82 Å². The average molecular weight is 236 g/mol. The molecule has 94 valence electrons. The predicted molar refractivity (Wildman–Crippen MR) is 66.0 cm³/mol. The Morgan fingerprint density at radius 1 is 1.47 bits per heavy atom. The summed E-state index contributed by atoms with van der Waals surface area (Å²) in [7, 11) is 0. The molecule has 1 amide bonds. The average Bonchev–Trinajstić information content (AvgIpc) is 2.65. The topological polar surface area (TPSA) is 75.0 Å². The monoisotopic (exact) mass is 236 g/mol. The molecule has 5 nitrogen and oxygen atoms in total. The third-order valence-corrected chi connectivity index (χ3v) is 3.39. The number of nitrogens with zero attached hydrogens (tertiary/aromatic N) is 2. The van der Waals surface area contributed by atoms with Crippen LogP contribution >= 0.6 is 0 Å². The molecule has 0 aromatic carbocycles. The number of H-pyrrole nitrogens is 1. The van der Waals surface area contributed by atoms with E-state index in [4.69, 9.17) is 5.73 Å². The molecule has 1 aromatic heterocycles. The van der Waals surface area contributed by atoms with Crippen LogP contribution in [0, 0.1) is 5.41 Å². The zero-order chi connectivity index (χ0) is 13.0. The summed E-state index contributed by atoms with van der Waals surface area (Å²) in [6.45, 7) is 10.4. The van der Waals surface area contributed by atoms with Gasteiger partial charge in [-0.3, -0.25) is 9.89 Å². The number of fused-ring (bicyclic) bond motifs is 1. The number of amides is 1. The molecule has 1 aliphatic rings. The van der Waals surface area contributed by atoms with E-state index in [-0.39, 0.29) is 16.9 Å². The van der Waals surface area contributed by atoms with Crippen molar-refractivity contribution in [3.63, 3.8) is 0 Å². The van der Waals surface area contributed by atoms with Gasteiger partial charge in [0.1, 0.15) is 0 Å². The van der Waals surface area contributed by atoms with Gasteiger partial charge in [-0.15, -0.1) is 0 Å². The number of rotatable bonds is 0. The van der Waals surface area contributed by atoms with Crippen LogP contribution in [-0.2, 0) is 16.9 Å². The highest BCUT2D eigenvalue weighted by Gasteiger charge is 2.45. The van der Waals surface area contributed by atoms with E-state index in [1.54, 1.807) is 0 Å². The standard InChI is InChI=1S/C12H20N4O/c1-11(2,3)10(17)16-6-7-8(12(16,4)5)14-15-9(7)13/h6H2,1-5H3,(H3,13,14,15). The molecular formula is C12H20N4O. The lowest BCUT2D eigenvalue weighted by atomic mass is 9.92. The third-order valence-electron chi connectivity index (χ3n) is 3.39. The Bertz CT molecular complexity index is 467. The number of hydrogen-bond donors (Lipinski definition) is 2. The summed E-state index contributed by atoms with van der Waals surface area (Å²) in [6, 6.07) is 0. The molecule has 1 aromatic rings. The summed E-state index contributed by atoms with van der Waals surface area (Å²) in [5.74, 6) is 0.629. The number of nitrogens with one attached hydrogen (secondary N) is 1. The molecule has 0 spiro atoms. The fourth-order valence-electron chi connectivity index (χ4n) is 2.27. The first-order valence-corrected chi connectivity index (χ1v) is 5.81. The van der Waals surface area contributed by atoms with Crippen LogP contribution < -0.4 is 5.73 Å². The van der Waals surface area contributed by atoms with Crippen LogP contribution in [0.15, 0.2) is 0 Å². The number of anilines is 1. The molecule has 1 aliphatic heterocycles. The Kier molecular flexibility index (Phi) is 2.28. The number of carbonyl (C=O) groups excluding carboxylic acids is 1. The van der Waals surface area contributed by atoms with E-state index in [1.165, 1.54) is 0 Å². The van der Waals surface area contributed by atoms with Gasteiger partial charge in [0.2, 0.25) is 5.91 Å². The van der Waals surface area contributed by atoms with Gasteiger partial charge < -0.3 is 10.6 Å². The molecule has 5 heteroatoms. The number of aromatic nitrogens is 2. The molecule has 2 rings (SSSR count). The van der Waals surface area contributed by atoms with Crippen LogP contribution in [0.2, 0.25) is 0 Å². The largest absolute Gasteiger partial charge is 0.382 e. The van der Waals surface area contributed by atoms with E-state index < -0.39 is 0 Å². The van der Waals surface area contributed by atoms with Gasteiger partial charge in [-0.1, -0.05) is 20.8 Å². The number of carbonyl (C=O) groups is 1. The summed E-state index contributed by atoms with van der Waals surface area (Å²) >= 11 is 0. The minimum absolute atomic E-state index is 0.131. The van der Waals surface area contributed by atoms with Crippen molar-refractivity contribution in [2.24, 2.45) is 5.41 Å². The van der Waals surface area contributed by atoms with Crippen molar-refractivity contribution in [2.75, 3.05) is 5.73 Å². The normalized spacial score (nSPS) is 18.3. The highest BCUT2D eigenvalue weighted by Crippen LogP contribution is 2.41. The highest BCUT2D eigenvalue weighted by molar-refractivity contribution is 5.83. The molecule has 0 saturated heterocycles. The molecule has 0 unspecified atom stereocenters. The highest BCUT2D eigenvalue weighted by atomic mass is 16.2. The fraction of sp³-hybridized carbons (Fsp3) is 0.667. The smallest absolute Gasteiger partial charge is 0.229 e. The van der Waals surface area contributed by atoms with Crippen LogP contribution in [0.4, 0.5) is 5.82 Å². The second-order valence-electron chi connectivity index (χ2n) is 6.16. The summed E-state index contributed by atoms with van der Waals surface area (Å²) in [5, 5.41) is 6.95. The number of hydrogen-bond acceptors (Lipinski definition) is 3. The Balaban J connectivity index is 2.41. The molecule has 0 radical (unpaired) electrons. The summed E-state index contributed by atoms with van der Waals surface area (Å²) in [4.78, 5) is 14.3. The second-order valence-corrected chi connectivity index (χ2v) is 6.16. The molecule has 3 N–H and O–H groups in total. The van der Waals surface area contributed by atoms with Crippen molar-refractivity contribution in [3.8, 4) is 0 Å². The molecule has 0 fully saturated rings. The van der Waals surface area contributed by atoms with Gasteiger partial charge in [0.05, 0.1) is 17.8 Å². The van der Waals surface area contributed by atoms with E-state index in [9.17, 15) is 4.79 Å². The van der Waals surface area contributed by atoms with E-state index in [0.29, 0.717) is 12.4 Å². The molecule has 0 bridgehead atoms. The van der Waals surface area contributed by atoms with E-state index in [2.05, 4.69) is 10.2 Å². The lowest BCUT2D eigenvalue weighted by Gasteiger charge is -2.36. The maximum absolute atomic E-state index is 12.4. The lowest BCUT2D eigenvalue weighted by molar-refractivity contribution is -0.145. The summed E-state index contributed by atoms with van der Waals surface area (Å²) in [6.07, 6.45) is 0. The van der Waals surface area contributed by atoms with Crippen LogP contribution in [-0.4, -0.2) is 21.0 Å². The van der Waals surface area contributed by atoms with E-state index in [0.717, 1.165) is 11.3 Å². The van der Waals surface area contributed by atoms with Gasteiger partial charge in [-0.2, -0.15) is 5.10 Å². The van der Waals surface area contributed by atoms with E-state index >= 15 is 0 Å². The van der Waals surface area contributed by atoms with Gasteiger partial charge in [0.25, 0.3) is 0 Å². The summed E-state index contributed by atoms with van der Waals surface area (Å²) < 4.78 is 0. The van der Waals surface area contributed by atoms with Crippen molar-refractivity contribution in [1.82, 2.24) is 15.1 Å². The number of nitrogens with two attached hydrogens (primary N) is 1. The van der Waals surface area contributed by atoms with Crippen LogP contribution in [0.1, 0.15) is 45.9 Å². The minimum atomic E-state index is -0.386. The first-order valence-electron chi connectivity index (χ1n) is 5.81. The second kappa shape index (κ2) is 3.24. The quantitative estimate of drug-likeness (QED) is 0.718.